The van der Waals surface area contributed by atoms with Crippen molar-refractivity contribution >= 4 is 0 Å². The normalized spacial score (nSPS) is 12.5. The third kappa shape index (κ3) is 2.92. The summed E-state index contributed by atoms with van der Waals surface area (Å²) < 4.78 is 10.2. The van der Waals surface area contributed by atoms with Crippen molar-refractivity contribution in [2.24, 2.45) is 5.73 Å². The molecule has 3 N–H and O–H groups in total. The number of nitrogens with two attached hydrogens (primary N) is 1. The van der Waals surface area contributed by atoms with Crippen molar-refractivity contribution in [3.8, 4) is 5.75 Å². The molecule has 0 aromatic heterocycles. The quantitative estimate of drug-likeness (QED) is 0.757. The van der Waals surface area contributed by atoms with Gasteiger partial charge in [0.25, 0.3) is 0 Å². The lowest BCUT2D eigenvalue weighted by Gasteiger charge is -2.14. The summed E-state index contributed by atoms with van der Waals surface area (Å²) in [5.41, 5.74) is 7.58. The van der Waals surface area contributed by atoms with Crippen molar-refractivity contribution in [3.63, 3.8) is 0 Å². The molecule has 0 aliphatic heterocycles. The summed E-state index contributed by atoms with van der Waals surface area (Å²) in [7, 11) is 3.22. The van der Waals surface area contributed by atoms with Crippen LogP contribution in [0.3, 0.4) is 0 Å². The van der Waals surface area contributed by atoms with Crippen LogP contribution in [0.15, 0.2) is 18.2 Å². The van der Waals surface area contributed by atoms with E-state index in [1.54, 1.807) is 14.2 Å². The van der Waals surface area contributed by atoms with Gasteiger partial charge in [0.1, 0.15) is 5.75 Å². The lowest BCUT2D eigenvalue weighted by molar-refractivity contribution is 0.184. The molecule has 0 radical (unpaired) electrons. The van der Waals surface area contributed by atoms with E-state index in [0.29, 0.717) is 12.4 Å². The molecule has 1 rings (SSSR count). The number of ether oxygens (including phenoxy) is 2. The van der Waals surface area contributed by atoms with Gasteiger partial charge in [-0.3, -0.25) is 0 Å². The van der Waals surface area contributed by atoms with Crippen LogP contribution in [0.5, 0.6) is 5.75 Å². The Morgan fingerprint density at radius 2 is 2.13 bits per heavy atom. The average Bonchev–Trinajstić information content (AvgIpc) is 2.28. The molecule has 1 aromatic rings. The molecule has 0 spiro atoms. The summed E-state index contributed by atoms with van der Waals surface area (Å²) in [5, 5.41) is 9.02. The summed E-state index contributed by atoms with van der Waals surface area (Å²) in [4.78, 5) is 0. The summed E-state index contributed by atoms with van der Waals surface area (Å²) >= 11 is 0. The SMILES string of the molecule is COCc1ccc(OC)c(C(N)CO)c1. The second kappa shape index (κ2) is 5.70. The van der Waals surface area contributed by atoms with Crippen LogP contribution in [-0.4, -0.2) is 25.9 Å². The van der Waals surface area contributed by atoms with Crippen molar-refractivity contribution in [3.05, 3.63) is 29.3 Å². The van der Waals surface area contributed by atoms with Crippen LogP contribution in [-0.2, 0) is 11.3 Å². The average molecular weight is 211 g/mol. The van der Waals surface area contributed by atoms with Gasteiger partial charge in [-0.2, -0.15) is 0 Å². The van der Waals surface area contributed by atoms with Gasteiger partial charge in [-0.15, -0.1) is 0 Å². The zero-order valence-corrected chi connectivity index (χ0v) is 9.06. The number of hydrogen-bond acceptors (Lipinski definition) is 4. The van der Waals surface area contributed by atoms with Gasteiger partial charge >= 0.3 is 0 Å². The minimum absolute atomic E-state index is 0.104. The first-order chi connectivity index (χ1) is 7.22. The summed E-state index contributed by atoms with van der Waals surface area (Å²) in [6, 6.07) is 5.22. The van der Waals surface area contributed by atoms with Gasteiger partial charge in [-0.05, 0) is 17.7 Å². The molecule has 1 unspecified atom stereocenters. The van der Waals surface area contributed by atoms with Crippen molar-refractivity contribution in [1.82, 2.24) is 0 Å². The fourth-order valence-electron chi connectivity index (χ4n) is 1.43. The fraction of sp³-hybridized carbons (Fsp3) is 0.455. The van der Waals surface area contributed by atoms with Gasteiger partial charge in [0, 0.05) is 12.7 Å². The molecule has 0 bridgehead atoms. The highest BCUT2D eigenvalue weighted by molar-refractivity contribution is 5.39. The Balaban J connectivity index is 3.01. The number of rotatable bonds is 5. The summed E-state index contributed by atoms with van der Waals surface area (Å²) in [6.45, 7) is 0.419. The van der Waals surface area contributed by atoms with Gasteiger partial charge in [0.15, 0.2) is 0 Å². The van der Waals surface area contributed by atoms with Crippen LogP contribution >= 0.6 is 0 Å². The minimum atomic E-state index is -0.420. The summed E-state index contributed by atoms with van der Waals surface area (Å²) in [5.74, 6) is 0.691. The third-order valence-electron chi connectivity index (χ3n) is 2.20. The zero-order valence-electron chi connectivity index (χ0n) is 9.06. The Morgan fingerprint density at radius 1 is 1.40 bits per heavy atom. The van der Waals surface area contributed by atoms with Crippen molar-refractivity contribution < 1.29 is 14.6 Å². The Hall–Kier alpha value is -1.10. The molecule has 0 fully saturated rings. The highest BCUT2D eigenvalue weighted by atomic mass is 16.5. The molecule has 1 atom stereocenters. The Bertz CT molecular complexity index is 315. The number of aliphatic hydroxyl groups excluding tert-OH is 1. The highest BCUT2D eigenvalue weighted by Crippen LogP contribution is 2.25. The largest absolute Gasteiger partial charge is 0.496 e. The van der Waals surface area contributed by atoms with Crippen molar-refractivity contribution in [1.29, 1.82) is 0 Å². The van der Waals surface area contributed by atoms with Gasteiger partial charge in [0.05, 0.1) is 26.4 Å². The van der Waals surface area contributed by atoms with Crippen LogP contribution in [0.25, 0.3) is 0 Å². The van der Waals surface area contributed by atoms with Crippen LogP contribution in [0.2, 0.25) is 0 Å². The maximum absolute atomic E-state index is 9.02. The molecule has 0 aliphatic rings. The number of benzene rings is 1. The monoisotopic (exact) mass is 211 g/mol. The molecule has 4 nitrogen and oxygen atoms in total. The molecule has 0 saturated heterocycles. The lowest BCUT2D eigenvalue weighted by Crippen LogP contribution is -2.15. The Labute approximate surface area is 89.6 Å². The molecule has 0 saturated carbocycles. The smallest absolute Gasteiger partial charge is 0.123 e. The first kappa shape index (κ1) is 12.0. The Morgan fingerprint density at radius 3 is 2.67 bits per heavy atom. The second-order valence-electron chi connectivity index (χ2n) is 3.30. The van der Waals surface area contributed by atoms with Gasteiger partial charge in [-0.1, -0.05) is 6.07 Å². The standard InChI is InChI=1S/C11H17NO3/c1-14-7-8-3-4-11(15-2)9(5-8)10(12)6-13/h3-5,10,13H,6-7,12H2,1-2H3. The number of methoxy groups -OCH3 is 2. The lowest BCUT2D eigenvalue weighted by atomic mass is 10.0. The molecule has 84 valence electrons. The van der Waals surface area contributed by atoms with Crippen molar-refractivity contribution in [2.45, 2.75) is 12.6 Å². The molecule has 0 heterocycles. The number of aliphatic hydroxyl groups is 1. The van der Waals surface area contributed by atoms with Crippen LogP contribution in [0.4, 0.5) is 0 Å². The maximum Gasteiger partial charge on any atom is 0.123 e. The first-order valence-electron chi connectivity index (χ1n) is 4.75. The topological polar surface area (TPSA) is 64.7 Å². The molecular formula is C11H17NO3. The summed E-state index contributed by atoms with van der Waals surface area (Å²) in [6.07, 6.45) is 0. The van der Waals surface area contributed by atoms with Crippen molar-refractivity contribution in [2.75, 3.05) is 20.8 Å². The fourth-order valence-corrected chi connectivity index (χ4v) is 1.43. The molecular weight excluding hydrogens is 194 g/mol. The predicted molar refractivity (Wildman–Crippen MR) is 57.7 cm³/mol. The van der Waals surface area contributed by atoms with Crippen LogP contribution in [0.1, 0.15) is 17.2 Å². The molecule has 0 amide bonds. The molecule has 15 heavy (non-hydrogen) atoms. The second-order valence-corrected chi connectivity index (χ2v) is 3.30. The first-order valence-corrected chi connectivity index (χ1v) is 4.75. The van der Waals surface area contributed by atoms with Gasteiger partial charge < -0.3 is 20.3 Å². The number of hydrogen-bond donors (Lipinski definition) is 2. The Kier molecular flexibility index (Phi) is 4.55. The molecule has 1 aromatic carbocycles. The maximum atomic E-state index is 9.02. The van der Waals surface area contributed by atoms with Gasteiger partial charge in [0.2, 0.25) is 0 Å². The predicted octanol–water partition coefficient (Wildman–Crippen LogP) is 0.834. The highest BCUT2D eigenvalue weighted by Gasteiger charge is 2.11. The van der Waals surface area contributed by atoms with E-state index in [9.17, 15) is 0 Å². The van der Waals surface area contributed by atoms with E-state index in [4.69, 9.17) is 20.3 Å². The third-order valence-corrected chi connectivity index (χ3v) is 2.20. The van der Waals surface area contributed by atoms with E-state index < -0.39 is 6.04 Å². The van der Waals surface area contributed by atoms with Crippen LogP contribution in [0, 0.1) is 0 Å². The minimum Gasteiger partial charge on any atom is -0.496 e. The molecule has 4 heteroatoms. The van der Waals surface area contributed by atoms with E-state index in [0.717, 1.165) is 11.1 Å². The molecule has 0 aliphatic carbocycles. The van der Waals surface area contributed by atoms with E-state index in [1.807, 2.05) is 18.2 Å². The van der Waals surface area contributed by atoms with E-state index in [-0.39, 0.29) is 6.61 Å². The van der Waals surface area contributed by atoms with Gasteiger partial charge in [-0.25, -0.2) is 0 Å². The zero-order chi connectivity index (χ0) is 11.3. The van der Waals surface area contributed by atoms with E-state index in [1.165, 1.54) is 0 Å². The van der Waals surface area contributed by atoms with E-state index in [2.05, 4.69) is 0 Å². The van der Waals surface area contributed by atoms with Crippen LogP contribution < -0.4 is 10.5 Å². The van der Waals surface area contributed by atoms with E-state index >= 15 is 0 Å².